The zero-order chi connectivity index (χ0) is 24.4. The number of rotatable bonds is 2. The minimum absolute atomic E-state index is 0.404. The lowest BCUT2D eigenvalue weighted by Crippen LogP contribution is -2.22. The summed E-state index contributed by atoms with van der Waals surface area (Å²) < 4.78 is 46.2. The number of ether oxygens (including phenoxy) is 8. The van der Waals surface area contributed by atoms with Crippen LogP contribution in [0.15, 0.2) is 36.4 Å². The lowest BCUT2D eigenvalue weighted by Gasteiger charge is -2.38. The van der Waals surface area contributed by atoms with E-state index in [2.05, 4.69) is 24.3 Å². The van der Waals surface area contributed by atoms with Gasteiger partial charge in [-0.25, -0.2) is 0 Å². The maximum absolute atomic E-state index is 6.05. The van der Waals surface area contributed by atoms with Crippen LogP contribution in [0.5, 0.6) is 23.0 Å². The molecule has 0 amide bonds. The van der Waals surface area contributed by atoms with E-state index in [9.17, 15) is 0 Å². The van der Waals surface area contributed by atoms with Gasteiger partial charge in [0.1, 0.15) is 26.4 Å². The fraction of sp³-hybridized carbons (Fsp3) is 0.571. The average Bonchev–Trinajstić information content (AvgIpc) is 2.85. The Balaban J connectivity index is 1.30. The molecule has 8 heteroatoms. The lowest BCUT2D eigenvalue weighted by molar-refractivity contribution is 0.0223. The fourth-order valence-corrected chi connectivity index (χ4v) is 4.76. The van der Waals surface area contributed by atoms with Crippen LogP contribution in [0.4, 0.5) is 0 Å². The van der Waals surface area contributed by atoms with E-state index in [0.717, 1.165) is 35.8 Å². The summed E-state index contributed by atoms with van der Waals surface area (Å²) in [6.45, 7) is 6.28. The van der Waals surface area contributed by atoms with Gasteiger partial charge in [0.2, 0.25) is 0 Å². The first kappa shape index (κ1) is 25.1. The van der Waals surface area contributed by atoms with Crippen molar-refractivity contribution in [2.24, 2.45) is 0 Å². The van der Waals surface area contributed by atoms with Crippen molar-refractivity contribution in [3.8, 4) is 23.0 Å². The maximum atomic E-state index is 6.05. The number of benzene rings is 2. The molecule has 2 atom stereocenters. The molecule has 5 rings (SSSR count). The van der Waals surface area contributed by atoms with Gasteiger partial charge in [-0.15, -0.1) is 0 Å². The Kier molecular flexibility index (Phi) is 9.18. The molecule has 8 nitrogen and oxygen atoms in total. The highest BCUT2D eigenvalue weighted by atomic mass is 16.6. The van der Waals surface area contributed by atoms with Crippen molar-refractivity contribution in [1.29, 1.82) is 0 Å². The quantitative estimate of drug-likeness (QED) is 0.614. The van der Waals surface area contributed by atoms with Gasteiger partial charge in [0.25, 0.3) is 0 Å². The lowest BCUT2D eigenvalue weighted by atomic mass is 9.67. The van der Waals surface area contributed by atoms with E-state index in [0.29, 0.717) is 91.1 Å². The zero-order valence-corrected chi connectivity index (χ0v) is 20.8. The van der Waals surface area contributed by atoms with E-state index in [1.54, 1.807) is 0 Å². The van der Waals surface area contributed by atoms with Crippen molar-refractivity contribution in [3.05, 3.63) is 47.5 Å². The summed E-state index contributed by atoms with van der Waals surface area (Å²) in [4.78, 5) is 0. The Bertz CT molecular complexity index is 887. The first-order valence-electron chi connectivity index (χ1n) is 13.0. The van der Waals surface area contributed by atoms with Crippen molar-refractivity contribution in [2.45, 2.75) is 24.7 Å². The number of hydrogen-bond donors (Lipinski definition) is 0. The van der Waals surface area contributed by atoms with Gasteiger partial charge in [-0.2, -0.15) is 0 Å². The van der Waals surface area contributed by atoms with Crippen molar-refractivity contribution >= 4 is 0 Å². The molecule has 2 aromatic rings. The summed E-state index contributed by atoms with van der Waals surface area (Å²) in [6, 6.07) is 12.6. The van der Waals surface area contributed by atoms with Crippen molar-refractivity contribution in [3.63, 3.8) is 0 Å². The van der Waals surface area contributed by atoms with Crippen LogP contribution in [0.1, 0.15) is 35.8 Å². The molecule has 0 N–H and O–H groups in total. The van der Waals surface area contributed by atoms with E-state index in [4.69, 9.17) is 37.9 Å². The molecule has 0 spiro atoms. The van der Waals surface area contributed by atoms with Crippen LogP contribution in [0.3, 0.4) is 0 Å². The van der Waals surface area contributed by atoms with Crippen LogP contribution in [0.2, 0.25) is 0 Å². The van der Waals surface area contributed by atoms with Crippen molar-refractivity contribution in [1.82, 2.24) is 0 Å². The molecular weight excluding hydrogens is 464 g/mol. The Morgan fingerprint density at radius 3 is 1.08 bits per heavy atom. The molecular formula is C28H36O8. The third-order valence-electron chi connectivity index (χ3n) is 6.75. The standard InChI is InChI=1S/C28H36O8/c1-5-25-27(35-17-13-31-9-7-29-11-15-33-25)19-21(1)23-3-4-24(23)22-2-6-26-28(20-22)36-18-14-32-10-8-30-12-16-34-26/h1-2,5-6,19-20,23-24H,3-4,7-18H2/t23-,24+. The Morgan fingerprint density at radius 2 is 0.722 bits per heavy atom. The summed E-state index contributed by atoms with van der Waals surface area (Å²) in [6.07, 6.45) is 2.25. The Hall–Kier alpha value is -2.52. The smallest absolute Gasteiger partial charge is 0.161 e. The number of hydrogen-bond acceptors (Lipinski definition) is 8. The summed E-state index contributed by atoms with van der Waals surface area (Å²) >= 11 is 0. The van der Waals surface area contributed by atoms with Crippen LogP contribution in [-0.4, -0.2) is 79.3 Å². The summed E-state index contributed by atoms with van der Waals surface area (Å²) in [7, 11) is 0. The van der Waals surface area contributed by atoms with Gasteiger partial charge < -0.3 is 37.9 Å². The second-order valence-electron chi connectivity index (χ2n) is 9.05. The normalized spacial score (nSPS) is 24.1. The van der Waals surface area contributed by atoms with Crippen LogP contribution < -0.4 is 18.9 Å². The Morgan fingerprint density at radius 1 is 0.389 bits per heavy atom. The molecule has 2 aromatic carbocycles. The topological polar surface area (TPSA) is 73.8 Å². The predicted octanol–water partition coefficient (Wildman–Crippen LogP) is 3.96. The third kappa shape index (κ3) is 6.62. The SMILES string of the molecule is c1cc2c(cc1[C@H]1CC[C@H]1c1ccc3c(c1)OCCOCCOCCO3)OCCOCCOCCO2. The van der Waals surface area contributed by atoms with Crippen molar-refractivity contribution in [2.75, 3.05) is 79.3 Å². The summed E-state index contributed by atoms with van der Waals surface area (Å²) in [5.41, 5.74) is 2.52. The molecule has 36 heavy (non-hydrogen) atoms. The highest BCUT2D eigenvalue weighted by molar-refractivity contribution is 5.48. The third-order valence-corrected chi connectivity index (χ3v) is 6.75. The van der Waals surface area contributed by atoms with Gasteiger partial charge in [0, 0.05) is 0 Å². The molecule has 3 aliphatic rings. The second kappa shape index (κ2) is 13.1. The van der Waals surface area contributed by atoms with Gasteiger partial charge >= 0.3 is 0 Å². The van der Waals surface area contributed by atoms with E-state index >= 15 is 0 Å². The molecule has 1 aliphatic carbocycles. The van der Waals surface area contributed by atoms with Crippen LogP contribution in [0.25, 0.3) is 0 Å². The molecule has 196 valence electrons. The maximum Gasteiger partial charge on any atom is 0.161 e. The van der Waals surface area contributed by atoms with Gasteiger partial charge in [-0.05, 0) is 60.1 Å². The minimum atomic E-state index is 0.404. The van der Waals surface area contributed by atoms with Crippen LogP contribution >= 0.6 is 0 Å². The van der Waals surface area contributed by atoms with Crippen LogP contribution in [-0.2, 0) is 18.9 Å². The largest absolute Gasteiger partial charge is 0.487 e. The van der Waals surface area contributed by atoms with E-state index in [1.165, 1.54) is 11.1 Å². The monoisotopic (exact) mass is 500 g/mol. The molecule has 2 heterocycles. The van der Waals surface area contributed by atoms with E-state index < -0.39 is 0 Å². The Labute approximate surface area is 212 Å². The highest BCUT2D eigenvalue weighted by Gasteiger charge is 2.34. The van der Waals surface area contributed by atoms with Gasteiger partial charge in [0.15, 0.2) is 23.0 Å². The highest BCUT2D eigenvalue weighted by Crippen LogP contribution is 2.51. The zero-order valence-electron chi connectivity index (χ0n) is 20.8. The minimum Gasteiger partial charge on any atom is -0.487 e. The number of fused-ring (bicyclic) bond motifs is 2. The summed E-state index contributed by atoms with van der Waals surface area (Å²) in [5.74, 6) is 3.83. The molecule has 0 saturated heterocycles. The molecule has 0 radical (unpaired) electrons. The molecule has 1 fully saturated rings. The van der Waals surface area contributed by atoms with Gasteiger partial charge in [0.05, 0.1) is 52.9 Å². The van der Waals surface area contributed by atoms with Gasteiger partial charge in [-0.1, -0.05) is 12.1 Å². The average molecular weight is 501 g/mol. The van der Waals surface area contributed by atoms with Gasteiger partial charge in [-0.3, -0.25) is 0 Å². The molecule has 0 aromatic heterocycles. The summed E-state index contributed by atoms with van der Waals surface area (Å²) in [5, 5.41) is 0. The molecule has 0 unspecified atom stereocenters. The van der Waals surface area contributed by atoms with Crippen molar-refractivity contribution < 1.29 is 37.9 Å². The molecule has 0 bridgehead atoms. The second-order valence-corrected chi connectivity index (χ2v) is 9.05. The van der Waals surface area contributed by atoms with E-state index in [1.807, 2.05) is 12.1 Å². The first-order valence-corrected chi connectivity index (χ1v) is 13.0. The van der Waals surface area contributed by atoms with E-state index in [-0.39, 0.29) is 0 Å². The first-order chi connectivity index (χ1) is 17.9. The fourth-order valence-electron chi connectivity index (χ4n) is 4.76. The molecule has 1 saturated carbocycles. The van der Waals surface area contributed by atoms with Crippen LogP contribution in [0, 0.1) is 0 Å². The predicted molar refractivity (Wildman–Crippen MR) is 133 cm³/mol. The molecule has 2 aliphatic heterocycles.